The summed E-state index contributed by atoms with van der Waals surface area (Å²) in [7, 11) is 0. The van der Waals surface area contributed by atoms with E-state index in [0.717, 1.165) is 16.8 Å². The molecule has 6 nitrogen and oxygen atoms in total. The molecule has 2 aromatic carbocycles. The monoisotopic (exact) mass is 397 g/mol. The van der Waals surface area contributed by atoms with Crippen molar-refractivity contribution < 1.29 is 14.1 Å². The summed E-state index contributed by atoms with van der Waals surface area (Å²) in [5.41, 5.74) is 2.52. The molecule has 1 amide bonds. The Morgan fingerprint density at radius 3 is 2.89 bits per heavy atom. The number of hydrogen-bond donors (Lipinski definition) is 0. The lowest BCUT2D eigenvalue weighted by atomic mass is 10.1. The Hall–Kier alpha value is -2.86. The number of hydrogen-bond acceptors (Lipinski definition) is 5. The minimum absolute atomic E-state index is 0.0350. The van der Waals surface area contributed by atoms with Gasteiger partial charge in [0.25, 0.3) is 5.89 Å². The zero-order chi connectivity index (χ0) is 19.7. The van der Waals surface area contributed by atoms with Crippen LogP contribution < -0.4 is 9.64 Å². The zero-order valence-corrected chi connectivity index (χ0v) is 16.4. The summed E-state index contributed by atoms with van der Waals surface area (Å²) in [5.74, 6) is 1.53. The lowest BCUT2D eigenvalue weighted by Crippen LogP contribution is -2.24. The number of rotatable bonds is 5. The fourth-order valence-corrected chi connectivity index (χ4v) is 3.48. The van der Waals surface area contributed by atoms with Crippen molar-refractivity contribution >= 4 is 23.2 Å². The minimum Gasteiger partial charge on any atom is -0.493 e. The molecular formula is C21H20ClN3O3. The van der Waals surface area contributed by atoms with E-state index in [2.05, 4.69) is 10.1 Å². The number of benzene rings is 2. The van der Waals surface area contributed by atoms with Crippen molar-refractivity contribution in [2.24, 2.45) is 0 Å². The normalized spacial score (nSPS) is 16.6. The van der Waals surface area contributed by atoms with Gasteiger partial charge in [0.1, 0.15) is 5.75 Å². The second-order valence-electron chi connectivity index (χ2n) is 6.73. The highest BCUT2D eigenvalue weighted by Crippen LogP contribution is 2.34. The van der Waals surface area contributed by atoms with E-state index in [-0.39, 0.29) is 11.8 Å². The molecule has 0 bridgehead atoms. The average Bonchev–Trinajstić information content (AvgIpc) is 3.32. The summed E-state index contributed by atoms with van der Waals surface area (Å²) in [6.07, 6.45) is 0.341. The predicted molar refractivity (Wildman–Crippen MR) is 107 cm³/mol. The molecule has 0 spiro atoms. The zero-order valence-electron chi connectivity index (χ0n) is 15.7. The topological polar surface area (TPSA) is 68.5 Å². The van der Waals surface area contributed by atoms with Crippen LogP contribution in [0.15, 0.2) is 47.0 Å². The van der Waals surface area contributed by atoms with Crippen molar-refractivity contribution in [1.82, 2.24) is 10.1 Å². The first-order valence-electron chi connectivity index (χ1n) is 9.19. The van der Waals surface area contributed by atoms with Crippen LogP contribution in [-0.4, -0.2) is 29.2 Å². The number of aromatic nitrogens is 2. The number of carbonyl (C=O) groups is 1. The third-order valence-corrected chi connectivity index (χ3v) is 5.23. The van der Waals surface area contributed by atoms with Crippen LogP contribution in [0.5, 0.6) is 5.75 Å². The van der Waals surface area contributed by atoms with Gasteiger partial charge in [-0.25, -0.2) is 0 Å². The van der Waals surface area contributed by atoms with E-state index in [9.17, 15) is 4.79 Å². The van der Waals surface area contributed by atoms with Crippen LogP contribution in [0.2, 0.25) is 5.02 Å². The van der Waals surface area contributed by atoms with E-state index >= 15 is 0 Å². The number of halogens is 1. The molecule has 0 radical (unpaired) electrons. The summed E-state index contributed by atoms with van der Waals surface area (Å²) >= 11 is 6.10. The number of aryl methyl sites for hydroxylation is 1. The molecule has 1 aromatic heterocycles. The highest BCUT2D eigenvalue weighted by Gasteiger charge is 2.35. The molecule has 1 atom stereocenters. The number of nitrogens with zero attached hydrogens (tertiary/aromatic N) is 3. The van der Waals surface area contributed by atoms with E-state index in [1.807, 2.05) is 56.3 Å². The molecule has 1 fully saturated rings. The maximum atomic E-state index is 12.6. The Labute approximate surface area is 168 Å². The summed E-state index contributed by atoms with van der Waals surface area (Å²) in [5, 5.41) is 4.81. The van der Waals surface area contributed by atoms with Crippen LogP contribution in [0.1, 0.15) is 30.7 Å². The first-order valence-corrected chi connectivity index (χ1v) is 9.57. The Bertz CT molecular complexity index is 1020. The fourth-order valence-electron chi connectivity index (χ4n) is 3.36. The summed E-state index contributed by atoms with van der Waals surface area (Å²) < 4.78 is 11.1. The molecule has 144 valence electrons. The predicted octanol–water partition coefficient (Wildman–Crippen LogP) is 4.62. The number of ether oxygens (including phenoxy) is 1. The SMILES string of the molecule is CCOc1ccccc1-c1nc(C2CC(=O)N(c3ccc(Cl)c(C)c3)C2)no1. The Balaban J connectivity index is 1.57. The largest absolute Gasteiger partial charge is 0.493 e. The van der Waals surface area contributed by atoms with Crippen LogP contribution in [-0.2, 0) is 4.79 Å². The van der Waals surface area contributed by atoms with Gasteiger partial charge in [0.2, 0.25) is 5.91 Å². The Kier molecular flexibility index (Phi) is 5.05. The number of para-hydroxylation sites is 1. The van der Waals surface area contributed by atoms with Gasteiger partial charge in [0.15, 0.2) is 5.82 Å². The number of anilines is 1. The van der Waals surface area contributed by atoms with Gasteiger partial charge in [0, 0.05) is 29.6 Å². The first-order chi connectivity index (χ1) is 13.6. The second-order valence-corrected chi connectivity index (χ2v) is 7.13. The van der Waals surface area contributed by atoms with Gasteiger partial charge in [0.05, 0.1) is 12.2 Å². The third-order valence-electron chi connectivity index (χ3n) is 4.80. The van der Waals surface area contributed by atoms with Crippen molar-refractivity contribution in [2.45, 2.75) is 26.2 Å². The van der Waals surface area contributed by atoms with Crippen LogP contribution in [0.3, 0.4) is 0 Å². The Morgan fingerprint density at radius 2 is 2.11 bits per heavy atom. The van der Waals surface area contributed by atoms with Gasteiger partial charge >= 0.3 is 0 Å². The first kappa shape index (κ1) is 18.5. The van der Waals surface area contributed by atoms with Crippen molar-refractivity contribution in [3.05, 3.63) is 58.9 Å². The van der Waals surface area contributed by atoms with Gasteiger partial charge in [-0.2, -0.15) is 4.98 Å². The molecule has 0 N–H and O–H groups in total. The standard InChI is InChI=1S/C21H20ClN3O3/c1-3-27-18-7-5-4-6-16(18)21-23-20(24-28-21)14-11-19(26)25(12-14)15-8-9-17(22)13(2)10-15/h4-10,14H,3,11-12H2,1-2H3. The van der Waals surface area contributed by atoms with Crippen molar-refractivity contribution in [2.75, 3.05) is 18.1 Å². The molecular weight excluding hydrogens is 378 g/mol. The van der Waals surface area contributed by atoms with Crippen LogP contribution in [0, 0.1) is 6.92 Å². The van der Waals surface area contributed by atoms with Gasteiger partial charge in [-0.3, -0.25) is 4.79 Å². The highest BCUT2D eigenvalue weighted by atomic mass is 35.5. The van der Waals surface area contributed by atoms with Crippen molar-refractivity contribution in [3.63, 3.8) is 0 Å². The molecule has 0 saturated carbocycles. The highest BCUT2D eigenvalue weighted by molar-refractivity contribution is 6.31. The molecule has 1 aliphatic heterocycles. The van der Waals surface area contributed by atoms with Crippen LogP contribution >= 0.6 is 11.6 Å². The van der Waals surface area contributed by atoms with Gasteiger partial charge in [-0.15, -0.1) is 0 Å². The number of carbonyl (C=O) groups excluding carboxylic acids is 1. The summed E-state index contributed by atoms with van der Waals surface area (Å²) in [6.45, 7) is 4.90. The third kappa shape index (κ3) is 3.47. The van der Waals surface area contributed by atoms with Gasteiger partial charge in [-0.05, 0) is 49.7 Å². The molecule has 1 saturated heterocycles. The molecule has 2 heterocycles. The number of amides is 1. The molecule has 7 heteroatoms. The fraction of sp³-hybridized carbons (Fsp3) is 0.286. The maximum absolute atomic E-state index is 12.6. The molecule has 3 aromatic rings. The Morgan fingerprint density at radius 1 is 1.29 bits per heavy atom. The second kappa shape index (κ2) is 7.64. The summed E-state index contributed by atoms with van der Waals surface area (Å²) in [6, 6.07) is 13.1. The van der Waals surface area contributed by atoms with Gasteiger partial charge < -0.3 is 14.2 Å². The van der Waals surface area contributed by atoms with Crippen LogP contribution in [0.4, 0.5) is 5.69 Å². The molecule has 28 heavy (non-hydrogen) atoms. The quantitative estimate of drug-likeness (QED) is 0.628. The van der Waals surface area contributed by atoms with E-state index in [1.54, 1.807) is 4.90 Å². The lowest BCUT2D eigenvalue weighted by Gasteiger charge is -2.17. The van der Waals surface area contributed by atoms with E-state index in [4.69, 9.17) is 20.9 Å². The smallest absolute Gasteiger partial charge is 0.261 e. The molecule has 1 aliphatic rings. The van der Waals surface area contributed by atoms with E-state index < -0.39 is 0 Å². The van der Waals surface area contributed by atoms with E-state index in [1.165, 1.54) is 0 Å². The molecule has 1 unspecified atom stereocenters. The molecule has 0 aliphatic carbocycles. The average molecular weight is 398 g/mol. The maximum Gasteiger partial charge on any atom is 0.261 e. The van der Waals surface area contributed by atoms with E-state index in [0.29, 0.717) is 42.1 Å². The van der Waals surface area contributed by atoms with Crippen molar-refractivity contribution in [3.8, 4) is 17.2 Å². The molecule has 4 rings (SSSR count). The van der Waals surface area contributed by atoms with Crippen LogP contribution in [0.25, 0.3) is 11.5 Å². The lowest BCUT2D eigenvalue weighted by molar-refractivity contribution is -0.117. The van der Waals surface area contributed by atoms with Gasteiger partial charge in [-0.1, -0.05) is 28.9 Å². The van der Waals surface area contributed by atoms with Crippen molar-refractivity contribution in [1.29, 1.82) is 0 Å². The minimum atomic E-state index is -0.125. The summed E-state index contributed by atoms with van der Waals surface area (Å²) in [4.78, 5) is 18.8.